The van der Waals surface area contributed by atoms with E-state index in [1.54, 1.807) is 0 Å². The van der Waals surface area contributed by atoms with E-state index >= 15 is 0 Å². The molecule has 0 spiro atoms. The van der Waals surface area contributed by atoms with Crippen LogP contribution in [0.4, 0.5) is 0 Å². The molecule has 2 atom stereocenters. The molecular formula is C20H42O6Zn. The third kappa shape index (κ3) is 37.8. The summed E-state index contributed by atoms with van der Waals surface area (Å²) in [5.74, 6) is 0. The molecule has 0 aliphatic carbocycles. The first kappa shape index (κ1) is 32.1. The number of ether oxygens (including phenoxy) is 4. The zero-order valence-corrected chi connectivity index (χ0v) is 21.2. The van der Waals surface area contributed by atoms with Gasteiger partial charge in [-0.05, 0) is 25.4 Å². The molecule has 0 aliphatic rings. The maximum absolute atomic E-state index is 10.4. The van der Waals surface area contributed by atoms with E-state index in [9.17, 15) is 10.2 Å². The van der Waals surface area contributed by atoms with Crippen molar-refractivity contribution in [2.45, 2.75) is 91.6 Å². The van der Waals surface area contributed by atoms with Crippen LogP contribution in [-0.4, -0.2) is 52.2 Å². The second-order valence-electron chi connectivity index (χ2n) is 6.22. The molecule has 0 N–H and O–H groups in total. The van der Waals surface area contributed by atoms with Crippen LogP contribution in [0, 0.1) is 0 Å². The van der Waals surface area contributed by atoms with Gasteiger partial charge in [0.15, 0.2) is 0 Å². The molecule has 0 saturated heterocycles. The van der Waals surface area contributed by atoms with Gasteiger partial charge in [-0.15, -0.1) is 0 Å². The van der Waals surface area contributed by atoms with Crippen LogP contribution in [0.15, 0.2) is 0 Å². The van der Waals surface area contributed by atoms with E-state index in [-0.39, 0.29) is 19.5 Å². The summed E-state index contributed by atoms with van der Waals surface area (Å²) in [5.41, 5.74) is 0. The molecule has 0 aromatic rings. The van der Waals surface area contributed by atoms with Gasteiger partial charge >= 0.3 is 19.5 Å². The fourth-order valence-corrected chi connectivity index (χ4v) is 2.01. The second kappa shape index (κ2) is 28.6. The Kier molecular flexibility index (Phi) is 33.9. The average molecular weight is 444 g/mol. The average Bonchev–Trinajstić information content (AvgIpc) is 2.60. The third-order valence-corrected chi connectivity index (χ3v) is 3.44. The van der Waals surface area contributed by atoms with Crippen molar-refractivity contribution < 1.29 is 48.6 Å². The Morgan fingerprint density at radius 2 is 0.926 bits per heavy atom. The van der Waals surface area contributed by atoms with Gasteiger partial charge in [0.25, 0.3) is 0 Å². The van der Waals surface area contributed by atoms with E-state index in [4.69, 9.17) is 18.9 Å². The summed E-state index contributed by atoms with van der Waals surface area (Å²) < 4.78 is 20.1. The van der Waals surface area contributed by atoms with Crippen LogP contribution < -0.4 is 10.2 Å². The van der Waals surface area contributed by atoms with Crippen LogP contribution in [-0.2, 0) is 38.4 Å². The summed E-state index contributed by atoms with van der Waals surface area (Å²) in [7, 11) is 0. The SMILES string of the molecule is CCCCCCOCCOC(C)[O-].CCCCCCOCCOC(C)[O-].[Zn+2]. The van der Waals surface area contributed by atoms with E-state index in [1.165, 1.54) is 52.4 Å². The monoisotopic (exact) mass is 442 g/mol. The normalized spacial score (nSPS) is 12.7. The standard InChI is InChI=1S/2C10H21O3.Zn/c2*1-3-4-5-6-7-12-8-9-13-10(2)11;/h2*10H,3-9H2,1-2H3;/q2*-1;+2. The maximum atomic E-state index is 10.4. The van der Waals surface area contributed by atoms with Crippen LogP contribution in [0.1, 0.15) is 79.1 Å². The van der Waals surface area contributed by atoms with Crippen molar-refractivity contribution >= 4 is 0 Å². The molecule has 0 amide bonds. The quantitative estimate of drug-likeness (QED) is 0.184. The summed E-state index contributed by atoms with van der Waals surface area (Å²) >= 11 is 0. The van der Waals surface area contributed by atoms with Gasteiger partial charge in [-0.2, -0.15) is 0 Å². The summed E-state index contributed by atoms with van der Waals surface area (Å²) in [6.07, 6.45) is 7.88. The van der Waals surface area contributed by atoms with Gasteiger partial charge in [0.2, 0.25) is 0 Å². The molecule has 27 heavy (non-hydrogen) atoms. The molecule has 0 aliphatic heterocycles. The van der Waals surface area contributed by atoms with Crippen molar-refractivity contribution in [3.8, 4) is 0 Å². The van der Waals surface area contributed by atoms with Crippen molar-refractivity contribution in [2.24, 2.45) is 0 Å². The third-order valence-electron chi connectivity index (χ3n) is 3.44. The molecule has 6 nitrogen and oxygen atoms in total. The van der Waals surface area contributed by atoms with Gasteiger partial charge in [-0.3, -0.25) is 0 Å². The van der Waals surface area contributed by atoms with Gasteiger partial charge in [-0.25, -0.2) is 0 Å². The summed E-state index contributed by atoms with van der Waals surface area (Å²) in [4.78, 5) is 0. The first-order chi connectivity index (χ1) is 12.5. The zero-order chi connectivity index (χ0) is 19.9. The Morgan fingerprint density at radius 3 is 1.22 bits per heavy atom. The number of hydrogen-bond acceptors (Lipinski definition) is 6. The fraction of sp³-hybridized carbons (Fsp3) is 1.00. The van der Waals surface area contributed by atoms with Crippen molar-refractivity contribution in [1.29, 1.82) is 0 Å². The molecule has 0 bridgehead atoms. The van der Waals surface area contributed by atoms with E-state index in [0.717, 1.165) is 26.1 Å². The minimum absolute atomic E-state index is 0. The topological polar surface area (TPSA) is 83.0 Å². The molecule has 0 aromatic heterocycles. The second-order valence-corrected chi connectivity index (χ2v) is 6.22. The van der Waals surface area contributed by atoms with Gasteiger partial charge in [-0.1, -0.05) is 66.2 Å². The Hall–Kier alpha value is 0.383. The smallest absolute Gasteiger partial charge is 0.831 e. The first-order valence-electron chi connectivity index (χ1n) is 10.2. The molecule has 0 rings (SSSR count). The maximum Gasteiger partial charge on any atom is 2.00 e. The van der Waals surface area contributed by atoms with Crippen LogP contribution in [0.5, 0.6) is 0 Å². The molecule has 0 saturated carbocycles. The molecule has 0 fully saturated rings. The number of hydrogen-bond donors (Lipinski definition) is 0. The van der Waals surface area contributed by atoms with E-state index in [1.807, 2.05) is 0 Å². The van der Waals surface area contributed by atoms with E-state index in [2.05, 4.69) is 13.8 Å². The molecule has 7 heteroatoms. The molecule has 2 unspecified atom stereocenters. The van der Waals surface area contributed by atoms with Crippen LogP contribution in [0.2, 0.25) is 0 Å². The van der Waals surface area contributed by atoms with Gasteiger partial charge in [0.1, 0.15) is 0 Å². The summed E-state index contributed by atoms with van der Waals surface area (Å²) in [5, 5.41) is 20.8. The Morgan fingerprint density at radius 1 is 0.556 bits per heavy atom. The van der Waals surface area contributed by atoms with Crippen LogP contribution >= 0.6 is 0 Å². The predicted molar refractivity (Wildman–Crippen MR) is 101 cm³/mol. The van der Waals surface area contributed by atoms with E-state index in [0.29, 0.717) is 26.4 Å². The van der Waals surface area contributed by atoms with Gasteiger partial charge in [0.05, 0.1) is 26.4 Å². The number of unbranched alkanes of at least 4 members (excludes halogenated alkanes) is 6. The largest absolute Gasteiger partial charge is 2.00 e. The minimum Gasteiger partial charge on any atom is -0.831 e. The molecular weight excluding hydrogens is 402 g/mol. The van der Waals surface area contributed by atoms with Crippen molar-refractivity contribution in [1.82, 2.24) is 0 Å². The van der Waals surface area contributed by atoms with Gasteiger partial charge in [0, 0.05) is 13.2 Å². The van der Waals surface area contributed by atoms with Crippen molar-refractivity contribution in [3.63, 3.8) is 0 Å². The Labute approximate surface area is 180 Å². The Bertz CT molecular complexity index is 219. The Balaban J connectivity index is -0.000000411. The zero-order valence-electron chi connectivity index (χ0n) is 18.2. The van der Waals surface area contributed by atoms with Crippen LogP contribution in [0.25, 0.3) is 0 Å². The van der Waals surface area contributed by atoms with Crippen molar-refractivity contribution in [3.05, 3.63) is 0 Å². The van der Waals surface area contributed by atoms with Crippen LogP contribution in [0.3, 0.4) is 0 Å². The molecule has 160 valence electrons. The molecule has 0 radical (unpaired) electrons. The summed E-state index contributed by atoms with van der Waals surface area (Å²) in [6.45, 7) is 10.8. The number of rotatable bonds is 18. The first-order valence-corrected chi connectivity index (χ1v) is 10.2. The minimum atomic E-state index is -0.927. The molecule has 0 heterocycles. The van der Waals surface area contributed by atoms with Crippen molar-refractivity contribution in [2.75, 3.05) is 39.6 Å². The van der Waals surface area contributed by atoms with Gasteiger partial charge < -0.3 is 29.2 Å². The predicted octanol–water partition coefficient (Wildman–Crippen LogP) is 2.61. The van der Waals surface area contributed by atoms with E-state index < -0.39 is 12.6 Å². The fourth-order valence-electron chi connectivity index (χ4n) is 2.01. The summed E-state index contributed by atoms with van der Waals surface area (Å²) in [6, 6.07) is 0. The molecule has 0 aromatic carbocycles.